The molecule has 0 spiro atoms. The quantitative estimate of drug-likeness (QED) is 0.346. The van der Waals surface area contributed by atoms with Crippen molar-refractivity contribution in [2.45, 2.75) is 32.0 Å². The molecule has 0 saturated heterocycles. The molecule has 0 aromatic heterocycles. The van der Waals surface area contributed by atoms with E-state index < -0.39 is 74.9 Å². The fraction of sp³-hybridized carbons (Fsp3) is 0.300. The van der Waals surface area contributed by atoms with E-state index in [1.165, 1.54) is 0 Å². The van der Waals surface area contributed by atoms with E-state index in [0.29, 0.717) is 6.42 Å². The Hall–Kier alpha value is -3.10. The first-order valence-electron chi connectivity index (χ1n) is 8.82. The summed E-state index contributed by atoms with van der Waals surface area (Å²) in [6, 6.07) is 2.06. The normalized spacial score (nSPS) is 23.2. The Labute approximate surface area is 158 Å². The van der Waals surface area contributed by atoms with Crippen LogP contribution < -0.4 is 0 Å². The summed E-state index contributed by atoms with van der Waals surface area (Å²) in [4.78, 5) is 25.9. The molecule has 2 aliphatic carbocycles. The summed E-state index contributed by atoms with van der Waals surface area (Å²) in [6.07, 6.45) is -1.95. The molecule has 0 unspecified atom stereocenters. The van der Waals surface area contributed by atoms with Crippen LogP contribution in [0.15, 0.2) is 12.1 Å². The third-order valence-electron chi connectivity index (χ3n) is 5.72. The van der Waals surface area contributed by atoms with Crippen molar-refractivity contribution in [2.24, 2.45) is 5.92 Å². The van der Waals surface area contributed by atoms with Gasteiger partial charge in [0.2, 0.25) is 11.6 Å². The summed E-state index contributed by atoms with van der Waals surface area (Å²) in [5, 5.41) is 62.7. The highest BCUT2D eigenvalue weighted by Gasteiger charge is 2.45. The van der Waals surface area contributed by atoms with Crippen molar-refractivity contribution in [3.8, 4) is 23.0 Å². The zero-order chi connectivity index (χ0) is 20.5. The van der Waals surface area contributed by atoms with Crippen LogP contribution in [-0.4, -0.2) is 42.2 Å². The fourth-order valence-electron chi connectivity index (χ4n) is 4.29. The third-order valence-corrected chi connectivity index (χ3v) is 5.72. The molecule has 0 amide bonds. The van der Waals surface area contributed by atoms with E-state index in [4.69, 9.17) is 0 Å². The standard InChI is InChI=1S/C20H18O8/c1-2-6-5-9(23)12-13(16(6)24)20(28)15-14(19(12)27)17(25)10-7(21)3-4-8(22)11(10)18(15)26/h3-4,6,9,16,21-24,27-28H,2,5H2,1H3/t6-,9-,16-/m1/s1. The number of hydrogen-bond donors (Lipinski definition) is 6. The van der Waals surface area contributed by atoms with Crippen molar-refractivity contribution in [3.63, 3.8) is 0 Å². The summed E-state index contributed by atoms with van der Waals surface area (Å²) >= 11 is 0. The van der Waals surface area contributed by atoms with E-state index in [9.17, 15) is 40.2 Å². The van der Waals surface area contributed by atoms with Crippen LogP contribution in [-0.2, 0) is 0 Å². The number of aromatic hydroxyl groups is 4. The lowest BCUT2D eigenvalue weighted by Gasteiger charge is -2.35. The van der Waals surface area contributed by atoms with Crippen LogP contribution in [0.5, 0.6) is 23.0 Å². The van der Waals surface area contributed by atoms with Crippen LogP contribution in [0.4, 0.5) is 0 Å². The number of aliphatic hydroxyl groups excluding tert-OH is 2. The Morgan fingerprint density at radius 3 is 1.75 bits per heavy atom. The van der Waals surface area contributed by atoms with Crippen LogP contribution in [0.1, 0.15) is 74.9 Å². The molecule has 2 aliphatic rings. The predicted octanol–water partition coefficient (Wildman–Crippen LogP) is 1.78. The van der Waals surface area contributed by atoms with Gasteiger partial charge in [0.15, 0.2) is 0 Å². The van der Waals surface area contributed by atoms with Crippen molar-refractivity contribution in [3.05, 3.63) is 45.5 Å². The van der Waals surface area contributed by atoms with Gasteiger partial charge in [0.05, 0.1) is 34.5 Å². The molecule has 3 atom stereocenters. The zero-order valence-electron chi connectivity index (χ0n) is 14.8. The van der Waals surface area contributed by atoms with Gasteiger partial charge in [0, 0.05) is 11.1 Å². The first-order valence-corrected chi connectivity index (χ1v) is 8.82. The largest absolute Gasteiger partial charge is 0.507 e. The number of phenols is 4. The van der Waals surface area contributed by atoms with Gasteiger partial charge < -0.3 is 30.6 Å². The van der Waals surface area contributed by atoms with Gasteiger partial charge in [-0.3, -0.25) is 9.59 Å². The minimum atomic E-state index is -1.26. The van der Waals surface area contributed by atoms with E-state index in [2.05, 4.69) is 0 Å². The van der Waals surface area contributed by atoms with E-state index in [-0.39, 0.29) is 17.5 Å². The minimum Gasteiger partial charge on any atom is -0.507 e. The maximum Gasteiger partial charge on any atom is 0.202 e. The number of aliphatic hydroxyl groups is 2. The van der Waals surface area contributed by atoms with Gasteiger partial charge in [-0.05, 0) is 24.5 Å². The average molecular weight is 386 g/mol. The van der Waals surface area contributed by atoms with Gasteiger partial charge in [0.1, 0.15) is 23.0 Å². The molecule has 0 radical (unpaired) electrons. The summed E-state index contributed by atoms with van der Waals surface area (Å²) < 4.78 is 0. The SMILES string of the molecule is CC[C@@H]1C[C@@H](O)c2c(O)c3c(c(O)c2[C@@H]1O)C(=O)c1c(O)ccc(O)c1C3=O. The van der Waals surface area contributed by atoms with E-state index >= 15 is 0 Å². The molecule has 0 saturated carbocycles. The van der Waals surface area contributed by atoms with Gasteiger partial charge >= 0.3 is 0 Å². The topological polar surface area (TPSA) is 156 Å². The van der Waals surface area contributed by atoms with Crippen LogP contribution in [0.2, 0.25) is 0 Å². The number of phenolic OH excluding ortho intramolecular Hbond substituents is 4. The second-order valence-electron chi connectivity index (χ2n) is 7.15. The van der Waals surface area contributed by atoms with E-state index in [1.807, 2.05) is 0 Å². The summed E-state index contributed by atoms with van der Waals surface area (Å²) in [6.45, 7) is 1.78. The molecular weight excluding hydrogens is 368 g/mol. The molecule has 6 N–H and O–H groups in total. The first-order chi connectivity index (χ1) is 13.2. The van der Waals surface area contributed by atoms with E-state index in [0.717, 1.165) is 12.1 Å². The lowest BCUT2D eigenvalue weighted by atomic mass is 9.72. The number of carbonyl (C=O) groups is 2. The smallest absolute Gasteiger partial charge is 0.202 e. The highest BCUT2D eigenvalue weighted by atomic mass is 16.3. The summed E-state index contributed by atoms with van der Waals surface area (Å²) in [5.74, 6) is -4.97. The highest BCUT2D eigenvalue weighted by molar-refractivity contribution is 6.32. The molecule has 28 heavy (non-hydrogen) atoms. The lowest BCUT2D eigenvalue weighted by Crippen LogP contribution is -2.28. The molecule has 4 rings (SSSR count). The second-order valence-corrected chi connectivity index (χ2v) is 7.15. The van der Waals surface area contributed by atoms with Crippen molar-refractivity contribution in [1.82, 2.24) is 0 Å². The molecule has 146 valence electrons. The Balaban J connectivity index is 2.09. The number of rotatable bonds is 1. The van der Waals surface area contributed by atoms with Crippen molar-refractivity contribution < 1.29 is 40.2 Å². The van der Waals surface area contributed by atoms with Gasteiger partial charge in [-0.15, -0.1) is 0 Å². The fourth-order valence-corrected chi connectivity index (χ4v) is 4.29. The van der Waals surface area contributed by atoms with Crippen molar-refractivity contribution in [2.75, 3.05) is 0 Å². The molecule has 0 bridgehead atoms. The Morgan fingerprint density at radius 2 is 1.29 bits per heavy atom. The maximum absolute atomic E-state index is 13.0. The summed E-state index contributed by atoms with van der Waals surface area (Å²) in [5.41, 5.74) is -2.55. The van der Waals surface area contributed by atoms with Crippen LogP contribution in [0.3, 0.4) is 0 Å². The number of carbonyl (C=O) groups excluding carboxylic acids is 2. The minimum absolute atomic E-state index is 0.0984. The molecule has 8 heteroatoms. The van der Waals surface area contributed by atoms with Gasteiger partial charge in [0.25, 0.3) is 0 Å². The number of hydrogen-bond acceptors (Lipinski definition) is 8. The molecular formula is C20H18O8. The summed E-state index contributed by atoms with van der Waals surface area (Å²) in [7, 11) is 0. The molecule has 2 aromatic carbocycles. The van der Waals surface area contributed by atoms with Gasteiger partial charge in [-0.25, -0.2) is 0 Å². The zero-order valence-corrected chi connectivity index (χ0v) is 14.8. The average Bonchev–Trinajstić information content (AvgIpc) is 2.65. The predicted molar refractivity (Wildman–Crippen MR) is 94.7 cm³/mol. The van der Waals surface area contributed by atoms with Crippen molar-refractivity contribution >= 4 is 11.6 Å². The van der Waals surface area contributed by atoms with Crippen molar-refractivity contribution in [1.29, 1.82) is 0 Å². The lowest BCUT2D eigenvalue weighted by molar-refractivity contribution is 0.0333. The molecule has 8 nitrogen and oxygen atoms in total. The van der Waals surface area contributed by atoms with Gasteiger partial charge in [-0.2, -0.15) is 0 Å². The molecule has 0 fully saturated rings. The maximum atomic E-state index is 13.0. The monoisotopic (exact) mass is 386 g/mol. The highest BCUT2D eigenvalue weighted by Crippen LogP contribution is 2.54. The van der Waals surface area contributed by atoms with Crippen LogP contribution in [0, 0.1) is 5.92 Å². The number of fused-ring (bicyclic) bond motifs is 3. The third kappa shape index (κ3) is 2.12. The Morgan fingerprint density at radius 1 is 0.821 bits per heavy atom. The molecule has 0 aliphatic heterocycles. The molecule has 2 aromatic rings. The number of benzene rings is 2. The van der Waals surface area contributed by atoms with Crippen LogP contribution >= 0.6 is 0 Å². The Bertz CT molecular complexity index is 1060. The van der Waals surface area contributed by atoms with Crippen LogP contribution in [0.25, 0.3) is 0 Å². The second kappa shape index (κ2) is 5.95. The van der Waals surface area contributed by atoms with E-state index in [1.54, 1.807) is 6.92 Å². The van der Waals surface area contributed by atoms with Gasteiger partial charge in [-0.1, -0.05) is 13.3 Å². The Kier molecular flexibility index (Phi) is 3.88. The number of ketones is 2. The first kappa shape index (κ1) is 18.3. The molecule has 0 heterocycles.